The summed E-state index contributed by atoms with van der Waals surface area (Å²) in [5, 5.41) is 6.71. The fourth-order valence-electron chi connectivity index (χ4n) is 4.59. The SMILES string of the molecule is CCOc1cc2c(cc1Nc1ncnc3sc4c(c13)CCC(CCC(=O)N(C)CC)C4)=CN=2. The fraction of sp³-hybridized carbons (Fsp3) is 0.440. The molecule has 3 heterocycles. The summed E-state index contributed by atoms with van der Waals surface area (Å²) in [6, 6.07) is 4.05. The molecule has 0 spiro atoms. The molecule has 1 atom stereocenters. The van der Waals surface area contributed by atoms with Crippen molar-refractivity contribution in [2.24, 2.45) is 10.9 Å². The number of thiophene rings is 1. The fourth-order valence-corrected chi connectivity index (χ4v) is 5.89. The zero-order valence-electron chi connectivity index (χ0n) is 19.4. The third kappa shape index (κ3) is 4.19. The van der Waals surface area contributed by atoms with Gasteiger partial charge in [0.1, 0.15) is 22.7 Å². The van der Waals surface area contributed by atoms with Crippen LogP contribution >= 0.6 is 11.3 Å². The van der Waals surface area contributed by atoms with Crippen molar-refractivity contribution in [3.05, 3.63) is 39.5 Å². The summed E-state index contributed by atoms with van der Waals surface area (Å²) < 4.78 is 5.86. The second kappa shape index (κ2) is 9.09. The first kappa shape index (κ1) is 21.8. The number of benzene rings is 1. The van der Waals surface area contributed by atoms with E-state index < -0.39 is 0 Å². The van der Waals surface area contributed by atoms with E-state index in [4.69, 9.17) is 4.74 Å². The summed E-state index contributed by atoms with van der Waals surface area (Å²) in [4.78, 5) is 29.9. The van der Waals surface area contributed by atoms with Crippen LogP contribution < -0.4 is 20.6 Å². The third-order valence-electron chi connectivity index (χ3n) is 6.64. The Hall–Kier alpha value is -3.00. The first-order chi connectivity index (χ1) is 16.1. The number of carbonyl (C=O) groups excluding carboxylic acids is 1. The number of rotatable bonds is 8. The van der Waals surface area contributed by atoms with Gasteiger partial charge in [0.25, 0.3) is 0 Å². The van der Waals surface area contributed by atoms with E-state index in [1.54, 1.807) is 22.6 Å². The molecule has 1 N–H and O–H groups in total. The number of hydrogen-bond donors (Lipinski definition) is 1. The van der Waals surface area contributed by atoms with E-state index in [9.17, 15) is 4.79 Å². The normalized spacial score (nSPS) is 16.2. The first-order valence-electron chi connectivity index (χ1n) is 11.7. The largest absolute Gasteiger partial charge is 0.492 e. The van der Waals surface area contributed by atoms with Gasteiger partial charge >= 0.3 is 0 Å². The Morgan fingerprint density at radius 2 is 2.18 bits per heavy atom. The highest BCUT2D eigenvalue weighted by Crippen LogP contribution is 2.41. The van der Waals surface area contributed by atoms with Crippen LogP contribution in [0.1, 0.15) is 43.6 Å². The number of aryl methyl sites for hydroxylation is 1. The second-order valence-corrected chi connectivity index (χ2v) is 9.77. The maximum atomic E-state index is 12.2. The lowest BCUT2D eigenvalue weighted by Crippen LogP contribution is -2.31. The summed E-state index contributed by atoms with van der Waals surface area (Å²) in [5.74, 6) is 2.39. The Morgan fingerprint density at radius 3 is 2.94 bits per heavy atom. The minimum absolute atomic E-state index is 0.241. The summed E-state index contributed by atoms with van der Waals surface area (Å²) >= 11 is 1.77. The highest BCUT2D eigenvalue weighted by molar-refractivity contribution is 7.19. The van der Waals surface area contributed by atoms with Crippen LogP contribution in [0.3, 0.4) is 0 Å². The highest BCUT2D eigenvalue weighted by Gasteiger charge is 2.26. The topological polar surface area (TPSA) is 79.7 Å². The molecule has 1 unspecified atom stereocenters. The molecule has 8 heteroatoms. The van der Waals surface area contributed by atoms with E-state index >= 15 is 0 Å². The predicted octanol–water partition coefficient (Wildman–Crippen LogP) is 3.57. The molecule has 1 aromatic carbocycles. The highest BCUT2D eigenvalue weighted by atomic mass is 32.1. The van der Waals surface area contributed by atoms with Crippen LogP contribution in [0, 0.1) is 5.92 Å². The molecule has 33 heavy (non-hydrogen) atoms. The molecule has 1 aliphatic heterocycles. The monoisotopic (exact) mass is 463 g/mol. The maximum absolute atomic E-state index is 12.2. The zero-order valence-corrected chi connectivity index (χ0v) is 20.2. The number of amides is 1. The van der Waals surface area contributed by atoms with Gasteiger partial charge in [0.2, 0.25) is 5.91 Å². The molecule has 0 bridgehead atoms. The van der Waals surface area contributed by atoms with Gasteiger partial charge in [-0.15, -0.1) is 11.3 Å². The Morgan fingerprint density at radius 1 is 1.30 bits per heavy atom. The Bertz CT molecular complexity index is 1330. The van der Waals surface area contributed by atoms with E-state index in [1.807, 2.05) is 33.2 Å². The van der Waals surface area contributed by atoms with Gasteiger partial charge in [-0.3, -0.25) is 9.79 Å². The van der Waals surface area contributed by atoms with E-state index in [-0.39, 0.29) is 5.91 Å². The molecule has 0 saturated carbocycles. The minimum Gasteiger partial charge on any atom is -0.492 e. The summed E-state index contributed by atoms with van der Waals surface area (Å²) in [7, 11) is 1.88. The van der Waals surface area contributed by atoms with Crippen LogP contribution in [0.2, 0.25) is 0 Å². The van der Waals surface area contributed by atoms with Crippen molar-refractivity contribution in [3.63, 3.8) is 0 Å². The zero-order chi connectivity index (χ0) is 22.9. The number of nitrogens with zero attached hydrogens (tertiary/aromatic N) is 4. The molecule has 1 amide bonds. The molecule has 0 radical (unpaired) electrons. The van der Waals surface area contributed by atoms with Crippen LogP contribution in [0.5, 0.6) is 5.75 Å². The average Bonchev–Trinajstić information content (AvgIpc) is 3.19. The molecule has 2 aromatic heterocycles. The van der Waals surface area contributed by atoms with Gasteiger partial charge in [-0.05, 0) is 57.1 Å². The first-order valence-corrected chi connectivity index (χ1v) is 12.5. The Labute approximate surface area is 197 Å². The number of nitrogens with one attached hydrogen (secondary N) is 1. The van der Waals surface area contributed by atoms with Gasteiger partial charge in [0, 0.05) is 42.4 Å². The lowest BCUT2D eigenvalue weighted by molar-refractivity contribution is -0.130. The van der Waals surface area contributed by atoms with Crippen molar-refractivity contribution >= 4 is 45.2 Å². The van der Waals surface area contributed by atoms with E-state index in [2.05, 4.69) is 26.3 Å². The molecule has 172 valence electrons. The van der Waals surface area contributed by atoms with Crippen molar-refractivity contribution in [3.8, 4) is 5.75 Å². The standard InChI is InChI=1S/C25H29N5O2S/c1-4-30(3)22(31)9-7-15-6-8-17-21(10-15)33-25-23(17)24(27-14-28-25)29-19-11-16-13-26-18(16)12-20(19)32-5-2/h11-15H,4-10H2,1-3H3,(H,27,28,29). The summed E-state index contributed by atoms with van der Waals surface area (Å²) in [5.41, 5.74) is 2.25. The van der Waals surface area contributed by atoms with Gasteiger partial charge in [0.15, 0.2) is 0 Å². The molecular formula is C25H29N5O2S. The molecular weight excluding hydrogens is 434 g/mol. The van der Waals surface area contributed by atoms with Crippen molar-refractivity contribution in [1.29, 1.82) is 0 Å². The van der Waals surface area contributed by atoms with E-state index in [0.717, 1.165) is 70.3 Å². The molecule has 0 saturated heterocycles. The van der Waals surface area contributed by atoms with Crippen LogP contribution in [0.15, 0.2) is 23.5 Å². The van der Waals surface area contributed by atoms with Crippen molar-refractivity contribution in [2.45, 2.75) is 46.0 Å². The molecule has 1 aliphatic carbocycles. The Balaban J connectivity index is 1.40. The quantitative estimate of drug-likeness (QED) is 0.553. The van der Waals surface area contributed by atoms with Crippen molar-refractivity contribution in [1.82, 2.24) is 14.9 Å². The maximum Gasteiger partial charge on any atom is 0.222 e. The third-order valence-corrected chi connectivity index (χ3v) is 7.80. The molecule has 3 aromatic rings. The molecule has 0 fully saturated rings. The number of fused-ring (bicyclic) bond motifs is 4. The molecule has 2 aliphatic rings. The number of anilines is 2. The van der Waals surface area contributed by atoms with Crippen LogP contribution in [-0.2, 0) is 17.6 Å². The lowest BCUT2D eigenvalue weighted by atomic mass is 9.85. The molecule has 7 nitrogen and oxygen atoms in total. The predicted molar refractivity (Wildman–Crippen MR) is 132 cm³/mol. The Kier molecular flexibility index (Phi) is 6.01. The van der Waals surface area contributed by atoms with Gasteiger partial charge in [-0.1, -0.05) is 0 Å². The minimum atomic E-state index is 0.241. The lowest BCUT2D eigenvalue weighted by Gasteiger charge is -2.23. The smallest absolute Gasteiger partial charge is 0.222 e. The van der Waals surface area contributed by atoms with Crippen LogP contribution in [-0.4, -0.2) is 41.0 Å². The summed E-state index contributed by atoms with van der Waals surface area (Å²) in [6.07, 6.45) is 8.17. The molecule has 5 rings (SSSR count). The van der Waals surface area contributed by atoms with E-state index in [0.29, 0.717) is 18.9 Å². The van der Waals surface area contributed by atoms with Crippen LogP contribution in [0.25, 0.3) is 16.4 Å². The summed E-state index contributed by atoms with van der Waals surface area (Å²) in [6.45, 7) is 5.35. The van der Waals surface area contributed by atoms with Crippen molar-refractivity contribution < 1.29 is 9.53 Å². The number of aromatic nitrogens is 2. The van der Waals surface area contributed by atoms with Crippen molar-refractivity contribution in [2.75, 3.05) is 25.5 Å². The number of hydrogen-bond acceptors (Lipinski definition) is 7. The van der Waals surface area contributed by atoms with Gasteiger partial charge in [-0.25, -0.2) is 9.97 Å². The average molecular weight is 464 g/mol. The number of ether oxygens (including phenoxy) is 1. The van der Waals surface area contributed by atoms with Gasteiger partial charge in [0.05, 0.1) is 23.0 Å². The van der Waals surface area contributed by atoms with Crippen LogP contribution in [0.4, 0.5) is 11.5 Å². The second-order valence-electron chi connectivity index (χ2n) is 8.69. The number of carbonyl (C=O) groups is 1. The van der Waals surface area contributed by atoms with Gasteiger partial charge < -0.3 is 15.0 Å². The van der Waals surface area contributed by atoms with E-state index in [1.165, 1.54) is 10.4 Å². The van der Waals surface area contributed by atoms with Gasteiger partial charge in [-0.2, -0.15) is 0 Å².